The third-order valence-electron chi connectivity index (χ3n) is 3.87. The number of aryl methyl sites for hydroxylation is 1. The summed E-state index contributed by atoms with van der Waals surface area (Å²) in [4.78, 5) is 14.1. The molecule has 0 aromatic heterocycles. The van der Waals surface area contributed by atoms with E-state index in [1.165, 1.54) is 24.0 Å². The highest BCUT2D eigenvalue weighted by atomic mass is 35.5. The zero-order valence-corrected chi connectivity index (χ0v) is 13.7. The standard InChI is InChI=1S/C16H25N3O.ClH/c1-13-5-7-14(8-6-13)15(19-9-3-4-10-19)11-18-16(20)12-17-2;/h5-8,15,17H,3-4,9-12H2,1-2H3,(H,18,20);1H. The highest BCUT2D eigenvalue weighted by Crippen LogP contribution is 2.24. The Balaban J connectivity index is 0.00000220. The number of likely N-dealkylation sites (N-methyl/N-ethyl adjacent to an activating group) is 1. The first-order valence-corrected chi connectivity index (χ1v) is 7.42. The van der Waals surface area contributed by atoms with E-state index < -0.39 is 0 Å². The fourth-order valence-electron chi connectivity index (χ4n) is 2.73. The van der Waals surface area contributed by atoms with Gasteiger partial charge < -0.3 is 10.6 Å². The summed E-state index contributed by atoms with van der Waals surface area (Å²) in [7, 11) is 1.79. The predicted octanol–water partition coefficient (Wildman–Crippen LogP) is 1.89. The Bertz CT molecular complexity index is 430. The van der Waals surface area contributed by atoms with Crippen LogP contribution in [0.3, 0.4) is 0 Å². The summed E-state index contributed by atoms with van der Waals surface area (Å²) in [5, 5.41) is 5.91. The first-order valence-electron chi connectivity index (χ1n) is 7.42. The quantitative estimate of drug-likeness (QED) is 0.843. The molecule has 1 fully saturated rings. The average Bonchev–Trinajstić information content (AvgIpc) is 2.95. The number of hydrogen-bond acceptors (Lipinski definition) is 3. The maximum atomic E-state index is 11.7. The van der Waals surface area contributed by atoms with Crippen molar-refractivity contribution in [2.75, 3.05) is 33.2 Å². The van der Waals surface area contributed by atoms with E-state index in [1.54, 1.807) is 7.05 Å². The van der Waals surface area contributed by atoms with Crippen LogP contribution in [0.15, 0.2) is 24.3 Å². The molecule has 1 unspecified atom stereocenters. The molecule has 4 nitrogen and oxygen atoms in total. The molecule has 118 valence electrons. The van der Waals surface area contributed by atoms with E-state index in [-0.39, 0.29) is 18.3 Å². The van der Waals surface area contributed by atoms with Crippen LogP contribution in [0.2, 0.25) is 0 Å². The molecule has 21 heavy (non-hydrogen) atoms. The zero-order chi connectivity index (χ0) is 14.4. The van der Waals surface area contributed by atoms with Crippen LogP contribution in [0.5, 0.6) is 0 Å². The smallest absolute Gasteiger partial charge is 0.234 e. The molecule has 2 rings (SSSR count). The molecule has 0 spiro atoms. The lowest BCUT2D eigenvalue weighted by atomic mass is 10.0. The molecule has 2 N–H and O–H groups in total. The van der Waals surface area contributed by atoms with Gasteiger partial charge in [-0.05, 0) is 45.5 Å². The van der Waals surface area contributed by atoms with Gasteiger partial charge in [-0.15, -0.1) is 12.4 Å². The summed E-state index contributed by atoms with van der Waals surface area (Å²) >= 11 is 0. The molecule has 0 radical (unpaired) electrons. The van der Waals surface area contributed by atoms with Crippen LogP contribution in [0, 0.1) is 6.92 Å². The second-order valence-corrected chi connectivity index (χ2v) is 5.50. The minimum Gasteiger partial charge on any atom is -0.353 e. The minimum absolute atomic E-state index is 0. The molecule has 1 atom stereocenters. The normalized spacial score (nSPS) is 16.3. The van der Waals surface area contributed by atoms with E-state index in [0.717, 1.165) is 13.1 Å². The van der Waals surface area contributed by atoms with E-state index in [9.17, 15) is 4.79 Å². The molecule has 1 aromatic rings. The van der Waals surface area contributed by atoms with Crippen molar-refractivity contribution in [3.63, 3.8) is 0 Å². The van der Waals surface area contributed by atoms with Gasteiger partial charge in [0, 0.05) is 6.54 Å². The average molecular weight is 312 g/mol. The number of nitrogens with zero attached hydrogens (tertiary/aromatic N) is 1. The Morgan fingerprint density at radius 3 is 2.43 bits per heavy atom. The van der Waals surface area contributed by atoms with Crippen LogP contribution < -0.4 is 10.6 Å². The van der Waals surface area contributed by atoms with Crippen molar-refractivity contribution in [3.8, 4) is 0 Å². The topological polar surface area (TPSA) is 44.4 Å². The molecule has 1 amide bonds. The summed E-state index contributed by atoms with van der Waals surface area (Å²) in [6.07, 6.45) is 2.51. The minimum atomic E-state index is 0. The Hall–Kier alpha value is -1.10. The van der Waals surface area contributed by atoms with Crippen LogP contribution in [-0.4, -0.2) is 44.0 Å². The van der Waals surface area contributed by atoms with E-state index in [0.29, 0.717) is 19.1 Å². The van der Waals surface area contributed by atoms with Gasteiger partial charge in [-0.2, -0.15) is 0 Å². The summed E-state index contributed by atoms with van der Waals surface area (Å²) in [6, 6.07) is 8.95. The van der Waals surface area contributed by atoms with Crippen LogP contribution in [0.4, 0.5) is 0 Å². The van der Waals surface area contributed by atoms with Crippen molar-refractivity contribution in [1.82, 2.24) is 15.5 Å². The molecule has 1 aromatic carbocycles. The molecule has 1 saturated heterocycles. The van der Waals surface area contributed by atoms with Gasteiger partial charge in [-0.25, -0.2) is 0 Å². The van der Waals surface area contributed by atoms with E-state index in [1.807, 2.05) is 0 Å². The number of nitrogens with one attached hydrogen (secondary N) is 2. The van der Waals surface area contributed by atoms with Crippen molar-refractivity contribution in [3.05, 3.63) is 35.4 Å². The van der Waals surface area contributed by atoms with E-state index in [2.05, 4.69) is 46.7 Å². The largest absolute Gasteiger partial charge is 0.353 e. The summed E-state index contributed by atoms with van der Waals surface area (Å²) in [5.74, 6) is 0.0591. The fourth-order valence-corrected chi connectivity index (χ4v) is 2.73. The summed E-state index contributed by atoms with van der Waals surface area (Å²) < 4.78 is 0. The Labute approximate surface area is 133 Å². The maximum Gasteiger partial charge on any atom is 0.234 e. The molecular weight excluding hydrogens is 286 g/mol. The van der Waals surface area contributed by atoms with Crippen LogP contribution in [-0.2, 0) is 4.79 Å². The van der Waals surface area contributed by atoms with Crippen LogP contribution >= 0.6 is 12.4 Å². The first kappa shape index (κ1) is 18.0. The first-order chi connectivity index (χ1) is 9.70. The van der Waals surface area contributed by atoms with Gasteiger partial charge in [0.2, 0.25) is 5.91 Å². The highest BCUT2D eigenvalue weighted by molar-refractivity contribution is 5.85. The molecule has 0 aliphatic carbocycles. The lowest BCUT2D eigenvalue weighted by Gasteiger charge is -2.28. The second-order valence-electron chi connectivity index (χ2n) is 5.50. The highest BCUT2D eigenvalue weighted by Gasteiger charge is 2.23. The van der Waals surface area contributed by atoms with Crippen molar-refractivity contribution >= 4 is 18.3 Å². The number of halogens is 1. The zero-order valence-electron chi connectivity index (χ0n) is 12.9. The molecule has 0 saturated carbocycles. The van der Waals surface area contributed by atoms with Crippen LogP contribution in [0.1, 0.15) is 30.0 Å². The Kier molecular flexibility index (Phi) is 7.72. The monoisotopic (exact) mass is 311 g/mol. The Morgan fingerprint density at radius 1 is 1.24 bits per heavy atom. The molecule has 1 aliphatic rings. The van der Waals surface area contributed by atoms with Gasteiger partial charge >= 0.3 is 0 Å². The van der Waals surface area contributed by atoms with E-state index >= 15 is 0 Å². The van der Waals surface area contributed by atoms with Crippen molar-refractivity contribution in [1.29, 1.82) is 0 Å². The van der Waals surface area contributed by atoms with Crippen LogP contribution in [0.25, 0.3) is 0 Å². The van der Waals surface area contributed by atoms with Gasteiger partial charge in [0.05, 0.1) is 12.6 Å². The lowest BCUT2D eigenvalue weighted by molar-refractivity contribution is -0.120. The fraction of sp³-hybridized carbons (Fsp3) is 0.562. The number of benzene rings is 1. The maximum absolute atomic E-state index is 11.7. The van der Waals surface area contributed by atoms with Crippen molar-refractivity contribution in [2.24, 2.45) is 0 Å². The molecule has 5 heteroatoms. The number of carbonyl (C=O) groups excluding carboxylic acids is 1. The van der Waals surface area contributed by atoms with E-state index in [4.69, 9.17) is 0 Å². The second kappa shape index (κ2) is 9.03. The number of amides is 1. The number of rotatable bonds is 6. The molecule has 1 heterocycles. The van der Waals surface area contributed by atoms with Gasteiger partial charge in [-0.1, -0.05) is 29.8 Å². The molecule has 1 aliphatic heterocycles. The lowest BCUT2D eigenvalue weighted by Crippen LogP contribution is -2.39. The Morgan fingerprint density at radius 2 is 1.86 bits per heavy atom. The van der Waals surface area contributed by atoms with Gasteiger partial charge in [0.25, 0.3) is 0 Å². The van der Waals surface area contributed by atoms with Gasteiger partial charge in [0.15, 0.2) is 0 Å². The molecular formula is C16H26ClN3O. The SMILES string of the molecule is CNCC(=O)NCC(c1ccc(C)cc1)N1CCCC1.Cl. The van der Waals surface area contributed by atoms with Crippen molar-refractivity contribution < 1.29 is 4.79 Å². The summed E-state index contributed by atoms with van der Waals surface area (Å²) in [6.45, 7) is 5.41. The number of hydrogen-bond donors (Lipinski definition) is 2. The predicted molar refractivity (Wildman–Crippen MR) is 88.9 cm³/mol. The number of likely N-dealkylation sites (tertiary alicyclic amines) is 1. The number of carbonyl (C=O) groups is 1. The summed E-state index contributed by atoms with van der Waals surface area (Å²) in [5.41, 5.74) is 2.57. The third kappa shape index (κ3) is 5.30. The third-order valence-corrected chi connectivity index (χ3v) is 3.87. The molecule has 0 bridgehead atoms. The van der Waals surface area contributed by atoms with Crippen molar-refractivity contribution in [2.45, 2.75) is 25.8 Å². The van der Waals surface area contributed by atoms with Gasteiger partial charge in [0.1, 0.15) is 0 Å². The van der Waals surface area contributed by atoms with Gasteiger partial charge in [-0.3, -0.25) is 9.69 Å².